The molecule has 0 saturated heterocycles. The van der Waals surface area contributed by atoms with Crippen molar-refractivity contribution in [1.82, 2.24) is 15.0 Å². The maximum absolute atomic E-state index is 5.52. The van der Waals surface area contributed by atoms with Crippen molar-refractivity contribution >= 4 is 59.6 Å². The summed E-state index contributed by atoms with van der Waals surface area (Å²) in [6.07, 6.45) is 19.9. The third-order valence-corrected chi connectivity index (χ3v) is 11.9. The minimum Gasteiger partial charge on any atom is -0.247 e. The average Bonchev–Trinajstić information content (AvgIpc) is 3.65. The number of benzene rings is 5. The van der Waals surface area contributed by atoms with Gasteiger partial charge in [0.05, 0.1) is 22.6 Å². The van der Waals surface area contributed by atoms with E-state index in [9.17, 15) is 0 Å². The standard InChI is InChI=1S/C53H41N3S/c1-4-5-8-19-36(3)46-34-47(56-53(55-46)39-20-10-7-11-21-39)37-29-31-38(32-30-37)51-50-44-25-15-16-28-48(44)57-52(50)49-43(26-17-27-45(49)54-51)41-22-12-6-9-18-35(2)42-24-14-13-23-40(42)33-41/h4-21,23-35H,1,22H2,2-3H3/b8-5-,12-6-,18-9-,36-19+,41-33+. The van der Waals surface area contributed by atoms with Gasteiger partial charge in [-0.15, -0.1) is 11.3 Å². The highest BCUT2D eigenvalue weighted by molar-refractivity contribution is 7.26. The third-order valence-electron chi connectivity index (χ3n) is 10.7. The molecule has 3 aromatic heterocycles. The number of fused-ring (bicyclic) bond motifs is 6. The predicted molar refractivity (Wildman–Crippen MR) is 245 cm³/mol. The molecule has 1 atom stereocenters. The molecular formula is C53H41N3S. The van der Waals surface area contributed by atoms with E-state index in [-0.39, 0.29) is 0 Å². The predicted octanol–water partition coefficient (Wildman–Crippen LogP) is 14.7. The van der Waals surface area contributed by atoms with Gasteiger partial charge in [-0.25, -0.2) is 15.0 Å². The van der Waals surface area contributed by atoms with Crippen LogP contribution in [0.25, 0.3) is 82.2 Å². The second-order valence-corrected chi connectivity index (χ2v) is 15.5. The van der Waals surface area contributed by atoms with Gasteiger partial charge in [0.15, 0.2) is 5.82 Å². The Morgan fingerprint density at radius 3 is 2.39 bits per heavy atom. The highest BCUT2D eigenvalue weighted by Crippen LogP contribution is 2.45. The molecule has 5 aromatic carbocycles. The first kappa shape index (κ1) is 35.9. The van der Waals surface area contributed by atoms with Gasteiger partial charge in [-0.05, 0) is 65.3 Å². The Kier molecular flexibility index (Phi) is 9.94. The van der Waals surface area contributed by atoms with Gasteiger partial charge in [0.2, 0.25) is 0 Å². The van der Waals surface area contributed by atoms with Crippen LogP contribution in [0.3, 0.4) is 0 Å². The summed E-state index contributed by atoms with van der Waals surface area (Å²) in [5.41, 5.74) is 12.9. The molecule has 0 spiro atoms. The molecule has 0 N–H and O–H groups in total. The molecule has 0 radical (unpaired) electrons. The molecule has 1 aliphatic rings. The highest BCUT2D eigenvalue weighted by Gasteiger charge is 2.20. The molecule has 0 fully saturated rings. The second-order valence-electron chi connectivity index (χ2n) is 14.4. The quantitative estimate of drug-likeness (QED) is 0.152. The number of rotatable bonds is 7. The third kappa shape index (κ3) is 7.12. The molecule has 0 bridgehead atoms. The first-order chi connectivity index (χ1) is 28.1. The molecule has 274 valence electrons. The van der Waals surface area contributed by atoms with Crippen LogP contribution in [-0.4, -0.2) is 15.0 Å². The van der Waals surface area contributed by atoms with Gasteiger partial charge in [0.1, 0.15) is 0 Å². The maximum atomic E-state index is 5.52. The van der Waals surface area contributed by atoms with E-state index in [4.69, 9.17) is 15.0 Å². The lowest BCUT2D eigenvalue weighted by Crippen LogP contribution is -1.97. The van der Waals surface area contributed by atoms with Gasteiger partial charge in [0, 0.05) is 42.2 Å². The van der Waals surface area contributed by atoms with Gasteiger partial charge in [-0.1, -0.05) is 177 Å². The van der Waals surface area contributed by atoms with E-state index >= 15 is 0 Å². The summed E-state index contributed by atoms with van der Waals surface area (Å²) in [6.45, 7) is 8.15. The van der Waals surface area contributed by atoms with Crippen molar-refractivity contribution in [1.29, 1.82) is 0 Å². The number of allylic oxidation sites excluding steroid dienone is 10. The largest absolute Gasteiger partial charge is 0.247 e. The lowest BCUT2D eigenvalue weighted by Gasteiger charge is -2.16. The Hall–Kier alpha value is -6.75. The minimum absolute atomic E-state index is 0.312. The van der Waals surface area contributed by atoms with Crippen LogP contribution in [0.2, 0.25) is 0 Å². The van der Waals surface area contributed by atoms with Crippen LogP contribution in [-0.2, 0) is 0 Å². The molecule has 57 heavy (non-hydrogen) atoms. The van der Waals surface area contributed by atoms with Crippen molar-refractivity contribution < 1.29 is 0 Å². The van der Waals surface area contributed by atoms with Crippen molar-refractivity contribution in [2.75, 3.05) is 0 Å². The van der Waals surface area contributed by atoms with Crippen molar-refractivity contribution in [2.24, 2.45) is 0 Å². The summed E-state index contributed by atoms with van der Waals surface area (Å²) in [5, 5.41) is 3.63. The van der Waals surface area contributed by atoms with Crippen molar-refractivity contribution in [3.05, 3.63) is 205 Å². The fourth-order valence-electron chi connectivity index (χ4n) is 7.76. The lowest BCUT2D eigenvalue weighted by molar-refractivity contribution is 0.963. The SMILES string of the molecule is C=C/C=C\C=C(/C)c1cc(-c2ccc(-c3nc4cccc(/C5=C/c6ccccc6C(C)/C=C\C=C/C5)c4c4sc5ccccc5c34)cc2)nc(-c2ccccc2)n1. The van der Waals surface area contributed by atoms with Crippen LogP contribution in [0, 0.1) is 0 Å². The second kappa shape index (κ2) is 15.8. The fraction of sp³-hybridized carbons (Fsp3) is 0.0755. The molecule has 3 nitrogen and oxygen atoms in total. The van der Waals surface area contributed by atoms with Crippen LogP contribution >= 0.6 is 11.3 Å². The minimum atomic E-state index is 0.312. The summed E-state index contributed by atoms with van der Waals surface area (Å²) in [5.74, 6) is 1.01. The Bertz CT molecular complexity index is 2960. The molecule has 0 saturated carbocycles. The van der Waals surface area contributed by atoms with Crippen LogP contribution in [0.5, 0.6) is 0 Å². The zero-order chi connectivity index (χ0) is 38.7. The summed E-state index contributed by atoms with van der Waals surface area (Å²) in [7, 11) is 0. The highest BCUT2D eigenvalue weighted by atomic mass is 32.1. The van der Waals surface area contributed by atoms with Crippen LogP contribution < -0.4 is 0 Å². The van der Waals surface area contributed by atoms with Crippen molar-refractivity contribution in [3.63, 3.8) is 0 Å². The van der Waals surface area contributed by atoms with Crippen LogP contribution in [0.15, 0.2) is 183 Å². The summed E-state index contributed by atoms with van der Waals surface area (Å²) in [6, 6.07) is 45.1. The van der Waals surface area contributed by atoms with E-state index < -0.39 is 0 Å². The number of nitrogens with zero attached hydrogens (tertiary/aromatic N) is 3. The Morgan fingerprint density at radius 2 is 1.53 bits per heavy atom. The van der Waals surface area contributed by atoms with E-state index in [1.54, 1.807) is 6.08 Å². The zero-order valence-electron chi connectivity index (χ0n) is 32.1. The van der Waals surface area contributed by atoms with Gasteiger partial charge in [-0.3, -0.25) is 0 Å². The maximum Gasteiger partial charge on any atom is 0.160 e. The molecule has 8 aromatic rings. The number of aromatic nitrogens is 3. The smallest absolute Gasteiger partial charge is 0.160 e. The molecule has 9 rings (SSSR count). The van der Waals surface area contributed by atoms with Crippen LogP contribution in [0.1, 0.15) is 48.6 Å². The Balaban J connectivity index is 1.20. The summed E-state index contributed by atoms with van der Waals surface area (Å²) >= 11 is 1.86. The van der Waals surface area contributed by atoms with E-state index in [1.807, 2.05) is 41.7 Å². The molecule has 1 unspecified atom stereocenters. The monoisotopic (exact) mass is 751 g/mol. The molecule has 0 aliphatic heterocycles. The van der Waals surface area contributed by atoms with Crippen LogP contribution in [0.4, 0.5) is 0 Å². The van der Waals surface area contributed by atoms with E-state index in [2.05, 4.69) is 166 Å². The van der Waals surface area contributed by atoms with Gasteiger partial charge >= 0.3 is 0 Å². The normalized spacial score (nSPS) is 16.7. The number of hydrogen-bond acceptors (Lipinski definition) is 4. The number of pyridine rings is 1. The lowest BCUT2D eigenvalue weighted by atomic mass is 9.89. The Morgan fingerprint density at radius 1 is 0.737 bits per heavy atom. The first-order valence-corrected chi connectivity index (χ1v) is 20.3. The van der Waals surface area contributed by atoms with Gasteiger partial charge < -0.3 is 0 Å². The fourth-order valence-corrected chi connectivity index (χ4v) is 9.03. The first-order valence-electron chi connectivity index (χ1n) is 19.4. The topological polar surface area (TPSA) is 38.7 Å². The molecule has 1 aliphatic carbocycles. The molecular weight excluding hydrogens is 711 g/mol. The summed E-state index contributed by atoms with van der Waals surface area (Å²) in [4.78, 5) is 15.6. The van der Waals surface area contributed by atoms with E-state index in [1.165, 1.54) is 47.8 Å². The zero-order valence-corrected chi connectivity index (χ0v) is 32.9. The van der Waals surface area contributed by atoms with E-state index in [0.29, 0.717) is 11.7 Å². The molecule has 4 heteroatoms. The van der Waals surface area contributed by atoms with Crippen molar-refractivity contribution in [2.45, 2.75) is 26.2 Å². The number of hydrogen-bond donors (Lipinski definition) is 0. The summed E-state index contributed by atoms with van der Waals surface area (Å²) < 4.78 is 2.52. The number of thiophene rings is 1. The average molecular weight is 752 g/mol. The molecule has 0 amide bonds. The molecule has 3 heterocycles. The van der Waals surface area contributed by atoms with Crippen molar-refractivity contribution in [3.8, 4) is 33.9 Å². The van der Waals surface area contributed by atoms with E-state index in [0.717, 1.165) is 51.3 Å². The van der Waals surface area contributed by atoms with Gasteiger partial charge in [-0.2, -0.15) is 0 Å². The van der Waals surface area contributed by atoms with Gasteiger partial charge in [0.25, 0.3) is 0 Å². The Labute approximate surface area is 338 Å².